The number of amidine groups is 1. The van der Waals surface area contributed by atoms with E-state index in [4.69, 9.17) is 15.2 Å². The Morgan fingerprint density at radius 3 is 2.36 bits per heavy atom. The summed E-state index contributed by atoms with van der Waals surface area (Å²) in [6.45, 7) is 0.341. The van der Waals surface area contributed by atoms with E-state index in [9.17, 15) is 13.2 Å². The van der Waals surface area contributed by atoms with Gasteiger partial charge < -0.3 is 15.2 Å². The average molecular weight is 370 g/mol. The van der Waals surface area contributed by atoms with Gasteiger partial charge in [0.2, 0.25) is 0 Å². The summed E-state index contributed by atoms with van der Waals surface area (Å²) in [4.78, 5) is 3.86. The van der Waals surface area contributed by atoms with Gasteiger partial charge in [0.25, 0.3) is 0 Å². The highest BCUT2D eigenvalue weighted by molar-refractivity contribution is 8.13. The number of para-hydroxylation sites is 1. The standard InChI is InChI=1S/C17H17F3N2O2S/c1-23-12-6-8-13(9-7-12)24-10-11-25-16(21)22-15-5-3-2-4-14(15)17(18,19)20/h2-9H,10-11H2,1H3,(H2,21,22). The first-order valence-corrected chi connectivity index (χ1v) is 8.29. The molecule has 2 rings (SSSR count). The molecule has 2 N–H and O–H groups in total. The van der Waals surface area contributed by atoms with Crippen LogP contribution < -0.4 is 15.2 Å². The molecular weight excluding hydrogens is 353 g/mol. The van der Waals surface area contributed by atoms with Crippen LogP contribution in [0, 0.1) is 0 Å². The van der Waals surface area contributed by atoms with Crippen molar-refractivity contribution in [3.63, 3.8) is 0 Å². The molecule has 25 heavy (non-hydrogen) atoms. The highest BCUT2D eigenvalue weighted by Gasteiger charge is 2.33. The molecule has 0 aromatic heterocycles. The first-order chi connectivity index (χ1) is 11.9. The molecule has 0 amide bonds. The van der Waals surface area contributed by atoms with Gasteiger partial charge in [-0.2, -0.15) is 13.2 Å². The van der Waals surface area contributed by atoms with Gasteiger partial charge in [-0.1, -0.05) is 23.9 Å². The molecule has 2 aromatic rings. The largest absolute Gasteiger partial charge is 0.497 e. The zero-order valence-corrected chi connectivity index (χ0v) is 14.2. The van der Waals surface area contributed by atoms with Crippen LogP contribution in [0.4, 0.5) is 18.9 Å². The Balaban J connectivity index is 1.88. The second-order valence-electron chi connectivity index (χ2n) is 4.84. The third-order valence-corrected chi connectivity index (χ3v) is 3.86. The first-order valence-electron chi connectivity index (χ1n) is 7.30. The summed E-state index contributed by atoms with van der Waals surface area (Å²) in [6, 6.07) is 12.1. The van der Waals surface area contributed by atoms with Crippen molar-refractivity contribution in [3.05, 3.63) is 54.1 Å². The van der Waals surface area contributed by atoms with E-state index in [2.05, 4.69) is 4.99 Å². The smallest absolute Gasteiger partial charge is 0.418 e. The molecule has 0 fully saturated rings. The van der Waals surface area contributed by atoms with Crippen LogP contribution in [-0.2, 0) is 6.18 Å². The average Bonchev–Trinajstić information content (AvgIpc) is 2.59. The Kier molecular flexibility index (Phi) is 6.58. The lowest BCUT2D eigenvalue weighted by molar-refractivity contribution is -0.137. The minimum absolute atomic E-state index is 0.0510. The van der Waals surface area contributed by atoms with Crippen LogP contribution in [0.2, 0.25) is 0 Å². The zero-order valence-electron chi connectivity index (χ0n) is 13.4. The van der Waals surface area contributed by atoms with E-state index in [1.54, 1.807) is 31.4 Å². The van der Waals surface area contributed by atoms with Gasteiger partial charge >= 0.3 is 6.18 Å². The molecule has 0 bridgehead atoms. The van der Waals surface area contributed by atoms with Crippen LogP contribution in [0.3, 0.4) is 0 Å². The third kappa shape index (κ3) is 5.90. The van der Waals surface area contributed by atoms with Crippen molar-refractivity contribution in [3.8, 4) is 11.5 Å². The monoisotopic (exact) mass is 370 g/mol. The summed E-state index contributed by atoms with van der Waals surface area (Å²) in [6.07, 6.45) is -4.47. The molecule has 0 aliphatic heterocycles. The fourth-order valence-corrected chi connectivity index (χ4v) is 2.48. The summed E-state index contributed by atoms with van der Waals surface area (Å²) < 4.78 is 49.3. The topological polar surface area (TPSA) is 56.8 Å². The van der Waals surface area contributed by atoms with E-state index in [0.29, 0.717) is 18.1 Å². The van der Waals surface area contributed by atoms with Gasteiger partial charge in [0, 0.05) is 5.75 Å². The van der Waals surface area contributed by atoms with E-state index in [0.717, 1.165) is 23.6 Å². The number of halogens is 3. The molecule has 0 aliphatic carbocycles. The number of nitrogens with two attached hydrogens (primary N) is 1. The predicted octanol–water partition coefficient (Wildman–Crippen LogP) is 4.47. The van der Waals surface area contributed by atoms with Gasteiger partial charge in [0.1, 0.15) is 11.5 Å². The van der Waals surface area contributed by atoms with Crippen LogP contribution in [0.25, 0.3) is 0 Å². The minimum atomic E-state index is -4.47. The van der Waals surface area contributed by atoms with Crippen molar-refractivity contribution in [1.82, 2.24) is 0 Å². The van der Waals surface area contributed by atoms with Crippen molar-refractivity contribution >= 4 is 22.6 Å². The van der Waals surface area contributed by atoms with E-state index in [1.165, 1.54) is 18.2 Å². The van der Waals surface area contributed by atoms with Gasteiger partial charge in [0.15, 0.2) is 5.17 Å². The number of methoxy groups -OCH3 is 1. The number of benzene rings is 2. The second-order valence-corrected chi connectivity index (χ2v) is 5.95. The zero-order chi connectivity index (χ0) is 18.3. The number of aliphatic imine (C=N–C) groups is 1. The first kappa shape index (κ1) is 19.0. The normalized spacial score (nSPS) is 12.1. The number of thioether (sulfide) groups is 1. The molecule has 0 atom stereocenters. The Morgan fingerprint density at radius 2 is 1.72 bits per heavy atom. The number of hydrogen-bond acceptors (Lipinski definition) is 4. The lowest BCUT2D eigenvalue weighted by Crippen LogP contribution is -2.11. The summed E-state index contributed by atoms with van der Waals surface area (Å²) in [5.41, 5.74) is 4.70. The summed E-state index contributed by atoms with van der Waals surface area (Å²) >= 11 is 1.13. The van der Waals surface area contributed by atoms with Gasteiger partial charge in [0.05, 0.1) is 25.0 Å². The third-order valence-electron chi connectivity index (χ3n) is 3.10. The highest BCUT2D eigenvalue weighted by atomic mass is 32.2. The van der Waals surface area contributed by atoms with Crippen molar-refractivity contribution < 1.29 is 22.6 Å². The molecule has 0 spiro atoms. The molecule has 0 unspecified atom stereocenters. The van der Waals surface area contributed by atoms with Crippen LogP contribution >= 0.6 is 11.8 Å². The van der Waals surface area contributed by atoms with Gasteiger partial charge in [-0.3, -0.25) is 0 Å². The van der Waals surface area contributed by atoms with E-state index < -0.39 is 11.7 Å². The maximum Gasteiger partial charge on any atom is 0.418 e. The Morgan fingerprint density at radius 1 is 1.08 bits per heavy atom. The van der Waals surface area contributed by atoms with Crippen molar-refractivity contribution in [2.24, 2.45) is 10.7 Å². The van der Waals surface area contributed by atoms with Crippen LogP contribution in [0.1, 0.15) is 5.56 Å². The lowest BCUT2D eigenvalue weighted by atomic mass is 10.2. The molecule has 0 saturated carbocycles. The highest BCUT2D eigenvalue weighted by Crippen LogP contribution is 2.36. The SMILES string of the molecule is COc1ccc(OCCSC(N)=Nc2ccccc2C(F)(F)F)cc1. The summed E-state index contributed by atoms with van der Waals surface area (Å²) in [5.74, 6) is 1.84. The molecule has 8 heteroatoms. The summed E-state index contributed by atoms with van der Waals surface area (Å²) in [5, 5.41) is 0.0510. The van der Waals surface area contributed by atoms with Crippen LogP contribution in [0.15, 0.2) is 53.5 Å². The molecule has 0 aliphatic rings. The fourth-order valence-electron chi connectivity index (χ4n) is 1.94. The number of alkyl halides is 3. The molecule has 4 nitrogen and oxygen atoms in total. The van der Waals surface area contributed by atoms with E-state index >= 15 is 0 Å². The minimum Gasteiger partial charge on any atom is -0.497 e. The van der Waals surface area contributed by atoms with E-state index in [1.807, 2.05) is 0 Å². The fraction of sp³-hybridized carbons (Fsp3) is 0.235. The van der Waals surface area contributed by atoms with Gasteiger partial charge in [-0.25, -0.2) is 4.99 Å². The van der Waals surface area contributed by atoms with Gasteiger partial charge in [-0.15, -0.1) is 0 Å². The van der Waals surface area contributed by atoms with Crippen molar-refractivity contribution in [2.45, 2.75) is 6.18 Å². The Bertz CT molecular complexity index is 719. The van der Waals surface area contributed by atoms with Crippen LogP contribution in [-0.4, -0.2) is 24.6 Å². The summed E-state index contributed by atoms with van der Waals surface area (Å²) in [7, 11) is 1.57. The Labute approximate surface area is 147 Å². The number of nitrogens with zero attached hydrogens (tertiary/aromatic N) is 1. The maximum atomic E-state index is 12.9. The molecule has 0 heterocycles. The van der Waals surface area contributed by atoms with E-state index in [-0.39, 0.29) is 10.9 Å². The maximum absolute atomic E-state index is 12.9. The predicted molar refractivity (Wildman–Crippen MR) is 93.7 cm³/mol. The number of ether oxygens (including phenoxy) is 2. The number of rotatable bonds is 6. The van der Waals surface area contributed by atoms with Crippen molar-refractivity contribution in [2.75, 3.05) is 19.5 Å². The molecular formula is C17H17F3N2O2S. The Hall–Kier alpha value is -2.35. The number of hydrogen-bond donors (Lipinski definition) is 1. The second kappa shape index (κ2) is 8.66. The quantitative estimate of drug-likeness (QED) is 0.463. The van der Waals surface area contributed by atoms with Crippen molar-refractivity contribution in [1.29, 1.82) is 0 Å². The van der Waals surface area contributed by atoms with Gasteiger partial charge in [-0.05, 0) is 36.4 Å². The molecule has 0 radical (unpaired) electrons. The molecule has 134 valence electrons. The lowest BCUT2D eigenvalue weighted by Gasteiger charge is -2.10. The van der Waals surface area contributed by atoms with Crippen LogP contribution in [0.5, 0.6) is 11.5 Å². The molecule has 2 aromatic carbocycles. The molecule has 0 saturated heterocycles.